The van der Waals surface area contributed by atoms with Gasteiger partial charge in [-0.3, -0.25) is 4.90 Å². The summed E-state index contributed by atoms with van der Waals surface area (Å²) in [5, 5.41) is 16.7. The van der Waals surface area contributed by atoms with E-state index < -0.39 is 6.09 Å². The third-order valence-electron chi connectivity index (χ3n) is 4.53. The SMILES string of the molecule is CC(Oc1cc(Cl)nnc1N)c1cccc(CN2CCN(C(=O)O)CC2)c1. The molecule has 0 spiro atoms. The number of nitrogen functional groups attached to an aromatic ring is 1. The highest BCUT2D eigenvalue weighted by atomic mass is 35.5. The van der Waals surface area contributed by atoms with Crippen molar-refractivity contribution in [2.45, 2.75) is 19.6 Å². The second-order valence-electron chi connectivity index (χ2n) is 6.47. The minimum Gasteiger partial charge on any atom is -0.482 e. The van der Waals surface area contributed by atoms with E-state index in [1.54, 1.807) is 6.07 Å². The molecule has 8 nitrogen and oxygen atoms in total. The highest BCUT2D eigenvalue weighted by Gasteiger charge is 2.20. The Morgan fingerprint density at radius 1 is 1.30 bits per heavy atom. The topological polar surface area (TPSA) is 105 Å². The number of nitrogens with zero attached hydrogens (tertiary/aromatic N) is 4. The van der Waals surface area contributed by atoms with Crippen molar-refractivity contribution >= 4 is 23.5 Å². The summed E-state index contributed by atoms with van der Waals surface area (Å²) < 4.78 is 5.90. The lowest BCUT2D eigenvalue weighted by atomic mass is 10.1. The van der Waals surface area contributed by atoms with Crippen LogP contribution in [-0.2, 0) is 6.54 Å². The molecule has 1 saturated heterocycles. The Kier molecular flexibility index (Phi) is 5.98. The number of carboxylic acid groups (broad SMARTS) is 1. The first-order valence-electron chi connectivity index (χ1n) is 8.67. The molecule has 0 radical (unpaired) electrons. The molecule has 1 amide bonds. The predicted octanol–water partition coefficient (Wildman–Crippen LogP) is 2.65. The van der Waals surface area contributed by atoms with Crippen molar-refractivity contribution in [1.29, 1.82) is 0 Å². The molecule has 1 aromatic carbocycles. The number of anilines is 1. The first-order chi connectivity index (χ1) is 12.9. The molecule has 0 bridgehead atoms. The van der Waals surface area contributed by atoms with Crippen LogP contribution in [0.25, 0.3) is 0 Å². The van der Waals surface area contributed by atoms with E-state index in [4.69, 9.17) is 27.2 Å². The molecule has 1 unspecified atom stereocenters. The van der Waals surface area contributed by atoms with E-state index in [9.17, 15) is 4.79 Å². The van der Waals surface area contributed by atoms with E-state index in [2.05, 4.69) is 27.2 Å². The summed E-state index contributed by atoms with van der Waals surface area (Å²) in [6.07, 6.45) is -1.09. The Hall–Kier alpha value is -2.58. The summed E-state index contributed by atoms with van der Waals surface area (Å²) in [7, 11) is 0. The monoisotopic (exact) mass is 391 g/mol. The fraction of sp³-hybridized carbons (Fsp3) is 0.389. The normalized spacial score (nSPS) is 16.1. The van der Waals surface area contributed by atoms with Gasteiger partial charge in [-0.05, 0) is 18.1 Å². The van der Waals surface area contributed by atoms with Gasteiger partial charge in [0, 0.05) is 38.8 Å². The number of hydrogen-bond acceptors (Lipinski definition) is 6. The van der Waals surface area contributed by atoms with Crippen LogP contribution in [0.5, 0.6) is 5.75 Å². The number of rotatable bonds is 5. The van der Waals surface area contributed by atoms with Gasteiger partial charge < -0.3 is 20.5 Å². The standard InChI is InChI=1S/C18H22ClN5O3/c1-12(27-15-10-16(19)21-22-17(15)20)14-4-2-3-13(9-14)11-23-5-7-24(8-6-23)18(25)26/h2-4,9-10,12H,5-8,11H2,1H3,(H2,20,22)(H,25,26). The lowest BCUT2D eigenvalue weighted by Gasteiger charge is -2.33. The Bertz CT molecular complexity index is 811. The number of aromatic nitrogens is 2. The van der Waals surface area contributed by atoms with Gasteiger partial charge in [-0.2, -0.15) is 0 Å². The van der Waals surface area contributed by atoms with Crippen LogP contribution in [0, 0.1) is 0 Å². The third-order valence-corrected chi connectivity index (χ3v) is 4.71. The van der Waals surface area contributed by atoms with Crippen LogP contribution in [0.1, 0.15) is 24.2 Å². The number of piperazine rings is 1. The summed E-state index contributed by atoms with van der Waals surface area (Å²) in [5.74, 6) is 0.594. The minimum atomic E-state index is -0.854. The second kappa shape index (κ2) is 8.41. The zero-order chi connectivity index (χ0) is 19.4. The molecule has 9 heteroatoms. The fourth-order valence-corrected chi connectivity index (χ4v) is 3.15. The summed E-state index contributed by atoms with van der Waals surface area (Å²) >= 11 is 5.85. The zero-order valence-corrected chi connectivity index (χ0v) is 15.8. The molecule has 27 heavy (non-hydrogen) atoms. The van der Waals surface area contributed by atoms with E-state index in [1.165, 1.54) is 4.90 Å². The van der Waals surface area contributed by atoms with Gasteiger partial charge in [0.05, 0.1) is 0 Å². The van der Waals surface area contributed by atoms with Crippen molar-refractivity contribution in [2.75, 3.05) is 31.9 Å². The first kappa shape index (κ1) is 19.2. The quantitative estimate of drug-likeness (QED) is 0.807. The highest BCUT2D eigenvalue weighted by molar-refractivity contribution is 6.29. The maximum Gasteiger partial charge on any atom is 0.407 e. The molecule has 1 fully saturated rings. The van der Waals surface area contributed by atoms with Crippen molar-refractivity contribution in [3.8, 4) is 5.75 Å². The van der Waals surface area contributed by atoms with Crippen LogP contribution >= 0.6 is 11.6 Å². The molecule has 3 N–H and O–H groups in total. The average molecular weight is 392 g/mol. The Morgan fingerprint density at radius 3 is 2.74 bits per heavy atom. The Balaban J connectivity index is 1.63. The van der Waals surface area contributed by atoms with E-state index in [0.717, 1.165) is 30.8 Å². The number of carbonyl (C=O) groups is 1. The van der Waals surface area contributed by atoms with Crippen molar-refractivity contribution < 1.29 is 14.6 Å². The molecule has 1 atom stereocenters. The molecule has 1 aliphatic rings. The molecule has 1 aliphatic heterocycles. The maximum atomic E-state index is 11.0. The molecule has 0 aliphatic carbocycles. The minimum absolute atomic E-state index is 0.193. The molecule has 2 heterocycles. The van der Waals surface area contributed by atoms with Gasteiger partial charge in [0.2, 0.25) is 0 Å². The largest absolute Gasteiger partial charge is 0.482 e. The lowest BCUT2D eigenvalue weighted by Crippen LogP contribution is -2.47. The number of benzene rings is 1. The van der Waals surface area contributed by atoms with Crippen LogP contribution < -0.4 is 10.5 Å². The van der Waals surface area contributed by atoms with Crippen LogP contribution in [0.2, 0.25) is 5.15 Å². The predicted molar refractivity (Wildman–Crippen MR) is 102 cm³/mol. The first-order valence-corrected chi connectivity index (χ1v) is 9.04. The van der Waals surface area contributed by atoms with Crippen LogP contribution in [0.15, 0.2) is 30.3 Å². The van der Waals surface area contributed by atoms with E-state index in [-0.39, 0.29) is 17.1 Å². The summed E-state index contributed by atoms with van der Waals surface area (Å²) in [6, 6.07) is 9.66. The summed E-state index contributed by atoms with van der Waals surface area (Å²) in [5.41, 5.74) is 7.94. The van der Waals surface area contributed by atoms with Gasteiger partial charge in [0.1, 0.15) is 6.10 Å². The van der Waals surface area contributed by atoms with Gasteiger partial charge in [-0.15, -0.1) is 10.2 Å². The number of hydrogen-bond donors (Lipinski definition) is 2. The lowest BCUT2D eigenvalue weighted by molar-refractivity contribution is 0.103. The fourth-order valence-electron chi connectivity index (χ4n) is 3.01. The van der Waals surface area contributed by atoms with Gasteiger partial charge >= 0.3 is 6.09 Å². The highest BCUT2D eigenvalue weighted by Crippen LogP contribution is 2.27. The zero-order valence-electron chi connectivity index (χ0n) is 15.0. The van der Waals surface area contributed by atoms with Gasteiger partial charge in [-0.1, -0.05) is 35.9 Å². The molecular weight excluding hydrogens is 370 g/mol. The molecule has 1 aromatic heterocycles. The second-order valence-corrected chi connectivity index (χ2v) is 6.85. The molecule has 144 valence electrons. The van der Waals surface area contributed by atoms with E-state index >= 15 is 0 Å². The Morgan fingerprint density at radius 2 is 2.04 bits per heavy atom. The van der Waals surface area contributed by atoms with Crippen molar-refractivity contribution in [2.24, 2.45) is 0 Å². The van der Waals surface area contributed by atoms with Crippen molar-refractivity contribution in [3.05, 3.63) is 46.6 Å². The van der Waals surface area contributed by atoms with Crippen LogP contribution in [0.3, 0.4) is 0 Å². The summed E-state index contributed by atoms with van der Waals surface area (Å²) in [6.45, 7) is 5.20. The average Bonchev–Trinajstić information content (AvgIpc) is 2.65. The van der Waals surface area contributed by atoms with Gasteiger partial charge in [0.25, 0.3) is 0 Å². The molecule has 3 rings (SSSR count). The molecule has 0 saturated carbocycles. The number of ether oxygens (including phenoxy) is 1. The van der Waals surface area contributed by atoms with Crippen LogP contribution in [0.4, 0.5) is 10.6 Å². The number of amides is 1. The van der Waals surface area contributed by atoms with E-state index in [0.29, 0.717) is 18.8 Å². The van der Waals surface area contributed by atoms with Crippen molar-refractivity contribution in [1.82, 2.24) is 20.0 Å². The smallest absolute Gasteiger partial charge is 0.407 e. The maximum absolute atomic E-state index is 11.0. The molecular formula is C18H22ClN5O3. The molecule has 2 aromatic rings. The van der Waals surface area contributed by atoms with E-state index in [1.807, 2.05) is 19.1 Å². The van der Waals surface area contributed by atoms with Gasteiger partial charge in [0.15, 0.2) is 16.7 Å². The number of nitrogens with two attached hydrogens (primary N) is 1. The Labute approximate surface area is 162 Å². The summed E-state index contributed by atoms with van der Waals surface area (Å²) in [4.78, 5) is 14.7. The van der Waals surface area contributed by atoms with Crippen LogP contribution in [-0.4, -0.2) is 57.4 Å². The van der Waals surface area contributed by atoms with Gasteiger partial charge in [-0.25, -0.2) is 4.79 Å². The third kappa shape index (κ3) is 4.99. The number of halogens is 1. The van der Waals surface area contributed by atoms with Crippen molar-refractivity contribution in [3.63, 3.8) is 0 Å².